The van der Waals surface area contributed by atoms with E-state index in [-0.39, 0.29) is 31.3 Å². The number of hydrogen-bond donors (Lipinski definition) is 1. The van der Waals surface area contributed by atoms with E-state index in [1.54, 1.807) is 4.90 Å². The fourth-order valence-electron chi connectivity index (χ4n) is 2.21. The third kappa shape index (κ3) is 4.60. The van der Waals surface area contributed by atoms with Crippen LogP contribution in [0.1, 0.15) is 25.8 Å². The van der Waals surface area contributed by atoms with Gasteiger partial charge in [-0.2, -0.15) is 0 Å². The van der Waals surface area contributed by atoms with Crippen molar-refractivity contribution in [2.75, 3.05) is 6.54 Å². The van der Waals surface area contributed by atoms with Crippen molar-refractivity contribution in [2.45, 2.75) is 32.7 Å². The molecule has 8 nitrogen and oxygen atoms in total. The van der Waals surface area contributed by atoms with Gasteiger partial charge < -0.3 is 10.0 Å². The fourth-order valence-corrected chi connectivity index (χ4v) is 2.21. The van der Waals surface area contributed by atoms with Crippen molar-refractivity contribution in [3.8, 4) is 5.69 Å². The summed E-state index contributed by atoms with van der Waals surface area (Å²) in [6.07, 6.45) is 1.67. The van der Waals surface area contributed by atoms with Crippen LogP contribution >= 0.6 is 0 Å². The number of nitrogens with zero attached hydrogens (tertiary/aromatic N) is 5. The van der Waals surface area contributed by atoms with Gasteiger partial charge in [0.2, 0.25) is 5.91 Å². The van der Waals surface area contributed by atoms with E-state index >= 15 is 0 Å². The van der Waals surface area contributed by atoms with Crippen LogP contribution in [0.4, 0.5) is 0 Å². The number of aliphatic carboxylic acids is 1. The summed E-state index contributed by atoms with van der Waals surface area (Å²) >= 11 is 0. The molecule has 1 aromatic carbocycles. The standard InChI is InChI=1S/C15H19N5O3/c1-11(2)19(8-7-15(22)23)14(21)9-12-3-5-13(6-4-12)20-10-16-17-18-20/h3-6,10-11H,7-9H2,1-2H3,(H,22,23). The first kappa shape index (κ1) is 16.6. The van der Waals surface area contributed by atoms with E-state index in [2.05, 4.69) is 15.5 Å². The summed E-state index contributed by atoms with van der Waals surface area (Å²) in [4.78, 5) is 24.7. The number of carbonyl (C=O) groups excluding carboxylic acids is 1. The Labute approximate surface area is 133 Å². The highest BCUT2D eigenvalue weighted by Crippen LogP contribution is 2.11. The number of carboxylic acid groups (broad SMARTS) is 1. The zero-order chi connectivity index (χ0) is 16.8. The zero-order valence-electron chi connectivity index (χ0n) is 13.1. The molecule has 0 saturated heterocycles. The van der Waals surface area contributed by atoms with Crippen LogP contribution in [-0.2, 0) is 16.0 Å². The van der Waals surface area contributed by atoms with Crippen LogP contribution in [0.5, 0.6) is 0 Å². The Kier molecular flexibility index (Phi) is 5.40. The monoisotopic (exact) mass is 317 g/mol. The third-order valence-corrected chi connectivity index (χ3v) is 3.42. The zero-order valence-corrected chi connectivity index (χ0v) is 13.1. The van der Waals surface area contributed by atoms with Gasteiger partial charge in [0.15, 0.2) is 0 Å². The molecule has 0 spiro atoms. The normalized spacial score (nSPS) is 10.7. The topological polar surface area (TPSA) is 101 Å². The first-order chi connectivity index (χ1) is 11.0. The maximum atomic E-state index is 12.4. The summed E-state index contributed by atoms with van der Waals surface area (Å²) in [5.41, 5.74) is 1.66. The molecular weight excluding hydrogens is 298 g/mol. The summed E-state index contributed by atoms with van der Waals surface area (Å²) in [5, 5.41) is 19.7. The van der Waals surface area contributed by atoms with Crippen LogP contribution in [0.3, 0.4) is 0 Å². The second-order valence-electron chi connectivity index (χ2n) is 5.42. The molecular formula is C15H19N5O3. The molecule has 2 rings (SSSR count). The molecule has 0 atom stereocenters. The summed E-state index contributed by atoms with van der Waals surface area (Å²) in [7, 11) is 0. The summed E-state index contributed by atoms with van der Waals surface area (Å²) < 4.78 is 1.53. The number of aromatic nitrogens is 4. The summed E-state index contributed by atoms with van der Waals surface area (Å²) in [6.45, 7) is 3.97. The quantitative estimate of drug-likeness (QED) is 0.814. The van der Waals surface area contributed by atoms with E-state index in [0.717, 1.165) is 11.3 Å². The Balaban J connectivity index is 2.01. The first-order valence-corrected chi connectivity index (χ1v) is 7.31. The molecule has 8 heteroatoms. The lowest BCUT2D eigenvalue weighted by atomic mass is 10.1. The van der Waals surface area contributed by atoms with E-state index in [1.165, 1.54) is 11.0 Å². The number of rotatable bonds is 7. The van der Waals surface area contributed by atoms with Gasteiger partial charge in [-0.3, -0.25) is 9.59 Å². The number of hydrogen-bond acceptors (Lipinski definition) is 5. The van der Waals surface area contributed by atoms with Crippen molar-refractivity contribution >= 4 is 11.9 Å². The van der Waals surface area contributed by atoms with E-state index in [4.69, 9.17) is 5.11 Å². The number of tetrazole rings is 1. The molecule has 0 bridgehead atoms. The van der Waals surface area contributed by atoms with Gasteiger partial charge in [0.25, 0.3) is 0 Å². The van der Waals surface area contributed by atoms with Crippen molar-refractivity contribution in [1.29, 1.82) is 0 Å². The number of benzene rings is 1. The summed E-state index contributed by atoms with van der Waals surface area (Å²) in [5.74, 6) is -0.995. The molecule has 0 fully saturated rings. The van der Waals surface area contributed by atoms with Crippen molar-refractivity contribution in [3.63, 3.8) is 0 Å². The second kappa shape index (κ2) is 7.48. The molecule has 0 aliphatic rings. The fraction of sp³-hybridized carbons (Fsp3) is 0.400. The minimum Gasteiger partial charge on any atom is -0.481 e. The van der Waals surface area contributed by atoms with E-state index in [0.29, 0.717) is 0 Å². The second-order valence-corrected chi connectivity index (χ2v) is 5.42. The van der Waals surface area contributed by atoms with Crippen molar-refractivity contribution < 1.29 is 14.7 Å². The Morgan fingerprint density at radius 3 is 2.48 bits per heavy atom. The highest BCUT2D eigenvalue weighted by Gasteiger charge is 2.18. The smallest absolute Gasteiger partial charge is 0.305 e. The van der Waals surface area contributed by atoms with E-state index in [1.807, 2.05) is 38.1 Å². The minimum atomic E-state index is -0.908. The highest BCUT2D eigenvalue weighted by atomic mass is 16.4. The average molecular weight is 317 g/mol. The highest BCUT2D eigenvalue weighted by molar-refractivity contribution is 5.79. The van der Waals surface area contributed by atoms with Crippen LogP contribution in [0.25, 0.3) is 5.69 Å². The van der Waals surface area contributed by atoms with Crippen LogP contribution in [0.15, 0.2) is 30.6 Å². The van der Waals surface area contributed by atoms with Gasteiger partial charge in [0, 0.05) is 12.6 Å². The van der Waals surface area contributed by atoms with Crippen LogP contribution in [-0.4, -0.2) is 54.7 Å². The van der Waals surface area contributed by atoms with Gasteiger partial charge in [-0.05, 0) is 42.0 Å². The van der Waals surface area contributed by atoms with Gasteiger partial charge >= 0.3 is 5.97 Å². The van der Waals surface area contributed by atoms with Crippen molar-refractivity contribution in [3.05, 3.63) is 36.2 Å². The number of carbonyl (C=O) groups is 2. The molecule has 1 amide bonds. The van der Waals surface area contributed by atoms with Crippen LogP contribution < -0.4 is 0 Å². The SMILES string of the molecule is CC(C)N(CCC(=O)O)C(=O)Cc1ccc(-n2cnnn2)cc1. The summed E-state index contributed by atoms with van der Waals surface area (Å²) in [6, 6.07) is 7.29. The predicted octanol–water partition coefficient (Wildman–Crippen LogP) is 0.916. The largest absolute Gasteiger partial charge is 0.481 e. The molecule has 0 radical (unpaired) electrons. The lowest BCUT2D eigenvalue weighted by Crippen LogP contribution is -2.39. The molecule has 23 heavy (non-hydrogen) atoms. The third-order valence-electron chi connectivity index (χ3n) is 3.42. The molecule has 2 aromatic rings. The van der Waals surface area contributed by atoms with Gasteiger partial charge in [-0.1, -0.05) is 12.1 Å². The predicted molar refractivity (Wildman–Crippen MR) is 82.0 cm³/mol. The molecule has 1 aromatic heterocycles. The molecule has 0 aliphatic heterocycles. The van der Waals surface area contributed by atoms with Crippen molar-refractivity contribution in [1.82, 2.24) is 25.1 Å². The first-order valence-electron chi connectivity index (χ1n) is 7.31. The number of amides is 1. The number of carboxylic acids is 1. The molecule has 122 valence electrons. The van der Waals surface area contributed by atoms with Gasteiger partial charge in [0.05, 0.1) is 18.5 Å². The Morgan fingerprint density at radius 2 is 1.96 bits per heavy atom. The Morgan fingerprint density at radius 1 is 1.26 bits per heavy atom. The Bertz CT molecular complexity index is 652. The Hall–Kier alpha value is -2.77. The van der Waals surface area contributed by atoms with Crippen LogP contribution in [0, 0.1) is 0 Å². The molecule has 0 saturated carbocycles. The van der Waals surface area contributed by atoms with Gasteiger partial charge in [-0.25, -0.2) is 4.68 Å². The lowest BCUT2D eigenvalue weighted by Gasteiger charge is -2.26. The molecule has 0 unspecified atom stereocenters. The minimum absolute atomic E-state index is 0.0395. The van der Waals surface area contributed by atoms with E-state index < -0.39 is 5.97 Å². The molecule has 1 N–H and O–H groups in total. The van der Waals surface area contributed by atoms with Gasteiger partial charge in [0.1, 0.15) is 6.33 Å². The molecule has 1 heterocycles. The molecule has 0 aliphatic carbocycles. The van der Waals surface area contributed by atoms with Crippen LogP contribution in [0.2, 0.25) is 0 Å². The maximum Gasteiger partial charge on any atom is 0.305 e. The van der Waals surface area contributed by atoms with Crippen molar-refractivity contribution in [2.24, 2.45) is 0 Å². The lowest BCUT2D eigenvalue weighted by molar-refractivity contribution is -0.139. The van der Waals surface area contributed by atoms with E-state index in [9.17, 15) is 9.59 Å². The maximum absolute atomic E-state index is 12.4. The van der Waals surface area contributed by atoms with Gasteiger partial charge in [-0.15, -0.1) is 5.10 Å². The average Bonchev–Trinajstić information content (AvgIpc) is 3.01.